The van der Waals surface area contributed by atoms with Gasteiger partial charge in [-0.05, 0) is 30.4 Å². The zero-order valence-corrected chi connectivity index (χ0v) is 20.1. The van der Waals surface area contributed by atoms with Crippen LogP contribution in [0.3, 0.4) is 0 Å². The molecule has 0 aliphatic rings. The predicted octanol–water partition coefficient (Wildman–Crippen LogP) is 3.05. The highest BCUT2D eigenvalue weighted by Gasteiger charge is 2.15. The first-order valence-electron chi connectivity index (χ1n) is 11.4. The highest BCUT2D eigenvalue weighted by atomic mass is 32.2. The first kappa shape index (κ1) is 24.6. The van der Waals surface area contributed by atoms with Crippen LogP contribution in [0.4, 0.5) is 17.7 Å². The number of fused-ring (bicyclic) bond motifs is 1. The molecule has 12 heteroatoms. The maximum atomic E-state index is 10.7. The van der Waals surface area contributed by atoms with Crippen LogP contribution in [0.2, 0.25) is 0 Å². The van der Waals surface area contributed by atoms with Gasteiger partial charge in [0.05, 0.1) is 25.2 Å². The Kier molecular flexibility index (Phi) is 8.29. The summed E-state index contributed by atoms with van der Waals surface area (Å²) in [5.74, 6) is 1.23. The third kappa shape index (κ3) is 6.56. The largest absolute Gasteiger partial charge is 0.755 e. The molecule has 0 fully saturated rings. The van der Waals surface area contributed by atoms with Gasteiger partial charge in [0, 0.05) is 30.4 Å². The van der Waals surface area contributed by atoms with Gasteiger partial charge in [0.15, 0.2) is 17.0 Å². The van der Waals surface area contributed by atoms with Crippen LogP contribution < -0.4 is 15.4 Å². The summed E-state index contributed by atoms with van der Waals surface area (Å²) in [7, 11) is 0. The van der Waals surface area contributed by atoms with Crippen LogP contribution in [0.5, 0.6) is 0 Å². The molecule has 0 spiro atoms. The number of rotatable bonds is 13. The van der Waals surface area contributed by atoms with E-state index in [4.69, 9.17) is 4.42 Å². The van der Waals surface area contributed by atoms with Gasteiger partial charge in [0.2, 0.25) is 11.8 Å². The number of nitrogens with one attached hydrogen (secondary N) is 3. The lowest BCUT2D eigenvalue weighted by atomic mass is 10.2. The number of anilines is 3. The van der Waals surface area contributed by atoms with Crippen molar-refractivity contribution >= 4 is 40.1 Å². The van der Waals surface area contributed by atoms with Gasteiger partial charge in [0.25, 0.3) is 0 Å². The number of furan rings is 1. The maximum absolute atomic E-state index is 10.7. The minimum Gasteiger partial charge on any atom is -0.755 e. The van der Waals surface area contributed by atoms with E-state index in [9.17, 15) is 13.9 Å². The summed E-state index contributed by atoms with van der Waals surface area (Å²) in [6.45, 7) is 3.19. The molecule has 186 valence electrons. The molecule has 0 aliphatic carbocycles. The molecule has 1 aromatic carbocycles. The highest BCUT2D eigenvalue weighted by molar-refractivity contribution is 7.80. The summed E-state index contributed by atoms with van der Waals surface area (Å²) >= 11 is -2.42. The standard InChI is InChI=1S/C23H29N7O4S/c1-2-18(13-31)26-23-27-21(24-12-16-7-4-3-5-8-16)20-22(28-23)30(15-25-20)10-6-9-17-11-19(34-14-17)29-35(32)33/h3-5,7-8,11,14-15,18,29,31H,2,6,9-10,12-13H2,1H3,(H,32,33)(H2,24,26,27,28)/p-1/t18-/m1/s1. The number of aliphatic hydroxyl groups is 1. The molecule has 3 aromatic heterocycles. The Bertz CT molecular complexity index is 1260. The van der Waals surface area contributed by atoms with Crippen molar-refractivity contribution < 1.29 is 18.3 Å². The zero-order chi connectivity index (χ0) is 24.6. The number of aliphatic hydroxyl groups excluding tert-OH is 1. The van der Waals surface area contributed by atoms with Crippen molar-refractivity contribution in [3.63, 3.8) is 0 Å². The average molecular weight is 499 g/mol. The lowest BCUT2D eigenvalue weighted by Crippen LogP contribution is -2.24. The molecule has 4 N–H and O–H groups in total. The maximum Gasteiger partial charge on any atom is 0.227 e. The fraction of sp³-hybridized carbons (Fsp3) is 0.348. The molecule has 4 rings (SSSR count). The van der Waals surface area contributed by atoms with E-state index < -0.39 is 11.3 Å². The smallest absolute Gasteiger partial charge is 0.227 e. The molecule has 0 amide bonds. The van der Waals surface area contributed by atoms with Gasteiger partial charge < -0.3 is 29.3 Å². The van der Waals surface area contributed by atoms with E-state index in [0.717, 1.165) is 24.0 Å². The molecule has 0 radical (unpaired) electrons. The van der Waals surface area contributed by atoms with Crippen LogP contribution in [-0.2, 0) is 30.8 Å². The number of aryl methyl sites for hydroxylation is 2. The molecular formula is C23H28N7O4S-. The number of hydrogen-bond acceptors (Lipinski definition) is 9. The van der Waals surface area contributed by atoms with Gasteiger partial charge in [-0.1, -0.05) is 37.3 Å². The molecule has 1 unspecified atom stereocenters. The Morgan fingerprint density at radius 1 is 1.23 bits per heavy atom. The van der Waals surface area contributed by atoms with E-state index in [1.807, 2.05) is 41.8 Å². The fourth-order valence-electron chi connectivity index (χ4n) is 3.63. The molecular weight excluding hydrogens is 470 g/mol. The second-order valence-corrected chi connectivity index (χ2v) is 8.71. The van der Waals surface area contributed by atoms with Crippen LogP contribution in [0.25, 0.3) is 11.2 Å². The zero-order valence-electron chi connectivity index (χ0n) is 19.3. The summed E-state index contributed by atoms with van der Waals surface area (Å²) in [5.41, 5.74) is 3.35. The lowest BCUT2D eigenvalue weighted by molar-refractivity contribution is 0.271. The summed E-state index contributed by atoms with van der Waals surface area (Å²) in [6.07, 6.45) is 5.46. The van der Waals surface area contributed by atoms with Gasteiger partial charge in [-0.15, -0.1) is 0 Å². The Labute approximate surface area is 205 Å². The molecule has 4 aromatic rings. The van der Waals surface area contributed by atoms with Gasteiger partial charge in [-0.3, -0.25) is 8.93 Å². The molecule has 0 saturated carbocycles. The minimum absolute atomic E-state index is 0.0224. The van der Waals surface area contributed by atoms with Crippen LogP contribution in [-0.4, -0.2) is 46.0 Å². The van der Waals surface area contributed by atoms with Crippen LogP contribution in [0.15, 0.2) is 53.4 Å². The number of imidazole rings is 1. The molecule has 0 saturated heterocycles. The van der Waals surface area contributed by atoms with E-state index >= 15 is 0 Å². The van der Waals surface area contributed by atoms with Crippen LogP contribution >= 0.6 is 0 Å². The number of nitrogens with zero attached hydrogens (tertiary/aromatic N) is 4. The van der Waals surface area contributed by atoms with Crippen molar-refractivity contribution in [1.29, 1.82) is 0 Å². The predicted molar refractivity (Wildman–Crippen MR) is 133 cm³/mol. The highest BCUT2D eigenvalue weighted by Crippen LogP contribution is 2.23. The molecule has 2 atom stereocenters. The second-order valence-electron chi connectivity index (χ2n) is 8.04. The van der Waals surface area contributed by atoms with Crippen molar-refractivity contribution in [2.75, 3.05) is 22.0 Å². The Morgan fingerprint density at radius 3 is 2.80 bits per heavy atom. The quantitative estimate of drug-likeness (QED) is 0.204. The van der Waals surface area contributed by atoms with Crippen molar-refractivity contribution in [1.82, 2.24) is 19.5 Å². The molecule has 0 bridgehead atoms. The van der Waals surface area contributed by atoms with Gasteiger partial charge in [0.1, 0.15) is 0 Å². The first-order valence-corrected chi connectivity index (χ1v) is 12.4. The van der Waals surface area contributed by atoms with Crippen molar-refractivity contribution in [2.24, 2.45) is 0 Å². The molecule has 3 heterocycles. The molecule has 11 nitrogen and oxygen atoms in total. The van der Waals surface area contributed by atoms with E-state index in [1.54, 1.807) is 12.4 Å². The van der Waals surface area contributed by atoms with Crippen LogP contribution in [0.1, 0.15) is 30.9 Å². The van der Waals surface area contributed by atoms with Crippen molar-refractivity contribution in [2.45, 2.75) is 45.3 Å². The normalized spacial score (nSPS) is 13.0. The number of benzene rings is 1. The third-order valence-electron chi connectivity index (χ3n) is 5.52. The van der Waals surface area contributed by atoms with E-state index in [0.29, 0.717) is 42.4 Å². The van der Waals surface area contributed by atoms with Gasteiger partial charge in [-0.25, -0.2) is 4.98 Å². The number of hydrogen-bond donors (Lipinski definition) is 4. The number of aromatic nitrogens is 4. The Hall–Kier alpha value is -3.48. The average Bonchev–Trinajstić information content (AvgIpc) is 3.48. The van der Waals surface area contributed by atoms with E-state index in [1.165, 1.54) is 6.26 Å². The first-order chi connectivity index (χ1) is 17.1. The topological polar surface area (TPSA) is 153 Å². The summed E-state index contributed by atoms with van der Waals surface area (Å²) in [6, 6.07) is 11.5. The fourth-order valence-corrected chi connectivity index (χ4v) is 3.90. The summed E-state index contributed by atoms with van der Waals surface area (Å²) in [4.78, 5) is 13.9. The summed E-state index contributed by atoms with van der Waals surface area (Å²) in [5, 5.41) is 16.2. The van der Waals surface area contributed by atoms with Crippen molar-refractivity contribution in [3.8, 4) is 0 Å². The van der Waals surface area contributed by atoms with E-state index in [2.05, 4.69) is 30.3 Å². The Morgan fingerprint density at radius 2 is 2.06 bits per heavy atom. The second kappa shape index (κ2) is 11.8. The lowest BCUT2D eigenvalue weighted by Gasteiger charge is -2.15. The Balaban J connectivity index is 1.52. The van der Waals surface area contributed by atoms with Gasteiger partial charge >= 0.3 is 0 Å². The SMILES string of the molecule is CC[C@H](CO)Nc1nc(NCc2ccccc2)c2ncn(CCCc3coc(NS(=O)[O-])c3)c2n1. The monoisotopic (exact) mass is 498 g/mol. The molecule has 35 heavy (non-hydrogen) atoms. The minimum atomic E-state index is -2.42. The van der Waals surface area contributed by atoms with Crippen LogP contribution in [0, 0.1) is 0 Å². The third-order valence-corrected chi connectivity index (χ3v) is 5.88. The molecule has 0 aliphatic heterocycles. The van der Waals surface area contributed by atoms with Crippen molar-refractivity contribution in [3.05, 3.63) is 60.1 Å². The van der Waals surface area contributed by atoms with E-state index in [-0.39, 0.29) is 18.5 Å². The van der Waals surface area contributed by atoms with Gasteiger partial charge in [-0.2, -0.15) is 9.97 Å². The summed E-state index contributed by atoms with van der Waals surface area (Å²) < 4.78 is 30.8.